The van der Waals surface area contributed by atoms with Gasteiger partial charge in [-0.2, -0.15) is 0 Å². The monoisotopic (exact) mass is 222 g/mol. The van der Waals surface area contributed by atoms with Crippen molar-refractivity contribution in [1.29, 1.82) is 0 Å². The number of benzene rings is 1. The zero-order chi connectivity index (χ0) is 10.8. The maximum atomic E-state index is 10.8. The quantitative estimate of drug-likeness (QED) is 0.868. The third-order valence-corrected chi connectivity index (χ3v) is 2.53. The van der Waals surface area contributed by atoms with Crippen molar-refractivity contribution in [2.45, 2.75) is 19.8 Å². The van der Waals surface area contributed by atoms with Gasteiger partial charge in [0.15, 0.2) is 0 Å². The van der Waals surface area contributed by atoms with Crippen LogP contribution in [0.15, 0.2) is 18.2 Å². The van der Waals surface area contributed by atoms with E-state index in [1.165, 1.54) is 0 Å². The van der Waals surface area contributed by atoms with Crippen LogP contribution in [0.4, 0.5) is 0 Å². The first-order chi connectivity index (χ1) is 7.16. The topological polar surface area (TPSA) is 45.8 Å². The van der Waals surface area contributed by atoms with E-state index in [0.29, 0.717) is 17.9 Å². The zero-order valence-electron chi connectivity index (χ0n) is 8.38. The highest BCUT2D eigenvalue weighted by Gasteiger charge is 2.06. The number of halogens is 1. The van der Waals surface area contributed by atoms with Gasteiger partial charge in [0.2, 0.25) is 0 Å². The SMILES string of the molecule is CC(=O)CCc1nc2c(Cl)cccc2[nH]1. The minimum atomic E-state index is 0.168. The number of rotatable bonds is 3. The van der Waals surface area contributed by atoms with E-state index in [4.69, 9.17) is 11.6 Å². The molecule has 2 aromatic rings. The second kappa shape index (κ2) is 4.03. The number of aromatic nitrogens is 2. The second-order valence-electron chi connectivity index (χ2n) is 3.52. The molecular weight excluding hydrogens is 212 g/mol. The van der Waals surface area contributed by atoms with Gasteiger partial charge in [-0.1, -0.05) is 17.7 Å². The molecule has 2 rings (SSSR count). The van der Waals surface area contributed by atoms with Crippen LogP contribution in [0.2, 0.25) is 5.02 Å². The molecule has 78 valence electrons. The van der Waals surface area contributed by atoms with Crippen molar-refractivity contribution in [3.05, 3.63) is 29.0 Å². The number of aryl methyl sites for hydroxylation is 1. The van der Waals surface area contributed by atoms with E-state index in [-0.39, 0.29) is 5.78 Å². The van der Waals surface area contributed by atoms with Crippen LogP contribution in [0.25, 0.3) is 11.0 Å². The Kier molecular flexibility index (Phi) is 2.73. The molecule has 0 aliphatic carbocycles. The molecule has 0 spiro atoms. The van der Waals surface area contributed by atoms with Crippen molar-refractivity contribution < 1.29 is 4.79 Å². The first-order valence-electron chi connectivity index (χ1n) is 4.79. The summed E-state index contributed by atoms with van der Waals surface area (Å²) < 4.78 is 0. The third kappa shape index (κ3) is 2.18. The molecule has 4 heteroatoms. The van der Waals surface area contributed by atoms with Crippen LogP contribution in [0, 0.1) is 0 Å². The van der Waals surface area contributed by atoms with E-state index in [1.54, 1.807) is 13.0 Å². The fraction of sp³-hybridized carbons (Fsp3) is 0.273. The summed E-state index contributed by atoms with van der Waals surface area (Å²) in [6.07, 6.45) is 1.15. The minimum Gasteiger partial charge on any atom is -0.342 e. The molecule has 1 heterocycles. The molecule has 0 unspecified atom stereocenters. The molecule has 1 N–H and O–H groups in total. The van der Waals surface area contributed by atoms with E-state index in [0.717, 1.165) is 16.9 Å². The van der Waals surface area contributed by atoms with Gasteiger partial charge in [-0.15, -0.1) is 0 Å². The number of H-pyrrole nitrogens is 1. The second-order valence-corrected chi connectivity index (χ2v) is 3.93. The number of carbonyl (C=O) groups excluding carboxylic acids is 1. The molecule has 0 aliphatic heterocycles. The number of hydrogen-bond acceptors (Lipinski definition) is 2. The Bertz CT molecular complexity index is 504. The molecule has 0 amide bonds. The average Bonchev–Trinajstić information content (AvgIpc) is 2.59. The van der Waals surface area contributed by atoms with Crippen LogP contribution in [-0.4, -0.2) is 15.8 Å². The first-order valence-corrected chi connectivity index (χ1v) is 5.17. The number of fused-ring (bicyclic) bond motifs is 1. The molecule has 1 aromatic heterocycles. The van der Waals surface area contributed by atoms with Crippen molar-refractivity contribution in [3.8, 4) is 0 Å². The minimum absolute atomic E-state index is 0.168. The van der Waals surface area contributed by atoms with E-state index >= 15 is 0 Å². The molecule has 0 atom stereocenters. The van der Waals surface area contributed by atoms with Gasteiger partial charge in [0.05, 0.1) is 10.5 Å². The molecule has 15 heavy (non-hydrogen) atoms. The lowest BCUT2D eigenvalue weighted by atomic mass is 10.2. The standard InChI is InChI=1S/C11H11ClN2O/c1-7(15)5-6-10-13-9-4-2-3-8(12)11(9)14-10/h2-4H,5-6H2,1H3,(H,13,14). The smallest absolute Gasteiger partial charge is 0.130 e. The zero-order valence-corrected chi connectivity index (χ0v) is 9.14. The Labute approximate surface area is 92.5 Å². The summed E-state index contributed by atoms with van der Waals surface area (Å²) in [6, 6.07) is 5.60. The lowest BCUT2D eigenvalue weighted by Gasteiger charge is -1.90. The lowest BCUT2D eigenvalue weighted by molar-refractivity contribution is -0.117. The average molecular weight is 223 g/mol. The van der Waals surface area contributed by atoms with Gasteiger partial charge in [0.25, 0.3) is 0 Å². The Morgan fingerprint density at radius 1 is 1.53 bits per heavy atom. The van der Waals surface area contributed by atoms with E-state index in [9.17, 15) is 4.79 Å². The number of Topliss-reactive ketones (excluding diaryl/α,β-unsaturated/α-hetero) is 1. The van der Waals surface area contributed by atoms with Crippen LogP contribution in [-0.2, 0) is 11.2 Å². The van der Waals surface area contributed by atoms with Gasteiger partial charge in [-0.3, -0.25) is 0 Å². The highest BCUT2D eigenvalue weighted by molar-refractivity contribution is 6.34. The first kappa shape index (κ1) is 10.2. The van der Waals surface area contributed by atoms with Crippen molar-refractivity contribution in [3.63, 3.8) is 0 Å². The highest BCUT2D eigenvalue weighted by Crippen LogP contribution is 2.21. The van der Waals surface area contributed by atoms with Gasteiger partial charge in [-0.25, -0.2) is 4.98 Å². The number of imidazole rings is 1. The number of nitrogens with one attached hydrogen (secondary N) is 1. The molecule has 0 saturated heterocycles. The number of nitrogens with zero attached hydrogens (tertiary/aromatic N) is 1. The summed E-state index contributed by atoms with van der Waals surface area (Å²) in [7, 11) is 0. The molecular formula is C11H11ClN2O. The van der Waals surface area contributed by atoms with E-state index in [2.05, 4.69) is 9.97 Å². The predicted octanol–water partition coefficient (Wildman–Crippen LogP) is 2.74. The maximum absolute atomic E-state index is 10.8. The Morgan fingerprint density at radius 3 is 3.00 bits per heavy atom. The summed E-state index contributed by atoms with van der Waals surface area (Å²) in [5.74, 6) is 0.981. The fourth-order valence-electron chi connectivity index (χ4n) is 1.46. The Balaban J connectivity index is 2.31. The lowest BCUT2D eigenvalue weighted by Crippen LogP contribution is -1.95. The van der Waals surface area contributed by atoms with Gasteiger partial charge in [0, 0.05) is 12.8 Å². The van der Waals surface area contributed by atoms with Gasteiger partial charge in [0.1, 0.15) is 17.1 Å². The van der Waals surface area contributed by atoms with Gasteiger partial charge >= 0.3 is 0 Å². The Morgan fingerprint density at radius 2 is 2.33 bits per heavy atom. The number of ketones is 1. The van der Waals surface area contributed by atoms with Crippen LogP contribution < -0.4 is 0 Å². The van der Waals surface area contributed by atoms with Gasteiger partial charge < -0.3 is 9.78 Å². The fourth-order valence-corrected chi connectivity index (χ4v) is 1.68. The van der Waals surface area contributed by atoms with Gasteiger partial charge in [-0.05, 0) is 19.1 Å². The number of hydrogen-bond donors (Lipinski definition) is 1. The number of aromatic amines is 1. The largest absolute Gasteiger partial charge is 0.342 e. The van der Waals surface area contributed by atoms with Crippen molar-refractivity contribution in [1.82, 2.24) is 9.97 Å². The van der Waals surface area contributed by atoms with Crippen LogP contribution in [0.5, 0.6) is 0 Å². The van der Waals surface area contributed by atoms with Crippen molar-refractivity contribution in [2.75, 3.05) is 0 Å². The maximum Gasteiger partial charge on any atom is 0.130 e. The predicted molar refractivity (Wildman–Crippen MR) is 60.1 cm³/mol. The summed E-state index contributed by atoms with van der Waals surface area (Å²) in [6.45, 7) is 1.58. The molecule has 0 aliphatic rings. The molecule has 0 fully saturated rings. The number of carbonyl (C=O) groups is 1. The Hall–Kier alpha value is -1.35. The van der Waals surface area contributed by atoms with Crippen molar-refractivity contribution >= 4 is 28.4 Å². The summed E-state index contributed by atoms with van der Waals surface area (Å²) >= 11 is 5.98. The normalized spacial score (nSPS) is 10.8. The third-order valence-electron chi connectivity index (χ3n) is 2.23. The highest BCUT2D eigenvalue weighted by atomic mass is 35.5. The van der Waals surface area contributed by atoms with Crippen LogP contribution >= 0.6 is 11.6 Å². The molecule has 3 nitrogen and oxygen atoms in total. The van der Waals surface area contributed by atoms with E-state index in [1.807, 2.05) is 12.1 Å². The number of para-hydroxylation sites is 1. The molecule has 0 saturated carbocycles. The summed E-state index contributed by atoms with van der Waals surface area (Å²) in [4.78, 5) is 18.3. The van der Waals surface area contributed by atoms with Crippen LogP contribution in [0.1, 0.15) is 19.2 Å². The van der Waals surface area contributed by atoms with Crippen molar-refractivity contribution in [2.24, 2.45) is 0 Å². The molecule has 1 aromatic carbocycles. The molecule has 0 bridgehead atoms. The van der Waals surface area contributed by atoms with E-state index < -0.39 is 0 Å². The summed E-state index contributed by atoms with van der Waals surface area (Å²) in [5.41, 5.74) is 1.69. The summed E-state index contributed by atoms with van der Waals surface area (Å²) in [5, 5.41) is 0.637. The molecule has 0 radical (unpaired) electrons. The van der Waals surface area contributed by atoms with Crippen LogP contribution in [0.3, 0.4) is 0 Å².